The molecule has 0 aromatic carbocycles. The van der Waals surface area contributed by atoms with E-state index in [4.69, 9.17) is 10.6 Å². The van der Waals surface area contributed by atoms with Gasteiger partial charge >= 0.3 is 0 Å². The number of hydrazine groups is 1. The highest BCUT2D eigenvalue weighted by Gasteiger charge is 2.39. The van der Waals surface area contributed by atoms with Crippen LogP contribution in [0.4, 0.5) is 0 Å². The SMILES string of the molecule is COC1(CC(NN)c2cncc(C)c2)CCC1. The van der Waals surface area contributed by atoms with Gasteiger partial charge in [0.2, 0.25) is 0 Å². The van der Waals surface area contributed by atoms with Crippen LogP contribution in [0, 0.1) is 6.92 Å². The van der Waals surface area contributed by atoms with E-state index < -0.39 is 0 Å². The Balaban J connectivity index is 2.11. The van der Waals surface area contributed by atoms with E-state index in [9.17, 15) is 0 Å². The van der Waals surface area contributed by atoms with E-state index in [1.54, 1.807) is 7.11 Å². The van der Waals surface area contributed by atoms with E-state index in [1.807, 2.05) is 19.3 Å². The zero-order valence-electron chi connectivity index (χ0n) is 10.6. The van der Waals surface area contributed by atoms with Crippen LogP contribution in [-0.2, 0) is 4.74 Å². The zero-order chi connectivity index (χ0) is 12.3. The predicted octanol–water partition coefficient (Wildman–Crippen LogP) is 1.85. The summed E-state index contributed by atoms with van der Waals surface area (Å²) in [7, 11) is 1.79. The van der Waals surface area contributed by atoms with E-state index in [-0.39, 0.29) is 11.6 Å². The average molecular weight is 235 g/mol. The fourth-order valence-electron chi connectivity index (χ4n) is 2.48. The predicted molar refractivity (Wildman–Crippen MR) is 67.2 cm³/mol. The summed E-state index contributed by atoms with van der Waals surface area (Å²) in [5.41, 5.74) is 5.19. The standard InChI is InChI=1S/C13H21N3O/c1-10-6-11(9-15-8-10)12(16-14)7-13(17-2)4-3-5-13/h6,8-9,12,16H,3-5,7,14H2,1-2H3. The molecular formula is C13H21N3O. The van der Waals surface area contributed by atoms with Crippen LogP contribution in [0.5, 0.6) is 0 Å². The van der Waals surface area contributed by atoms with Crippen molar-refractivity contribution >= 4 is 0 Å². The van der Waals surface area contributed by atoms with E-state index in [0.29, 0.717) is 0 Å². The van der Waals surface area contributed by atoms with Crippen molar-refractivity contribution in [3.05, 3.63) is 29.6 Å². The Bertz CT molecular complexity index is 371. The van der Waals surface area contributed by atoms with Gasteiger partial charge in [-0.15, -0.1) is 0 Å². The van der Waals surface area contributed by atoms with Gasteiger partial charge in [-0.1, -0.05) is 6.07 Å². The number of aryl methyl sites for hydroxylation is 1. The van der Waals surface area contributed by atoms with Gasteiger partial charge in [-0.05, 0) is 43.7 Å². The number of hydrogen-bond acceptors (Lipinski definition) is 4. The number of nitrogens with two attached hydrogens (primary N) is 1. The number of rotatable bonds is 5. The summed E-state index contributed by atoms with van der Waals surface area (Å²) < 4.78 is 5.64. The van der Waals surface area contributed by atoms with Crippen LogP contribution in [-0.4, -0.2) is 17.7 Å². The van der Waals surface area contributed by atoms with Crippen molar-refractivity contribution in [3.8, 4) is 0 Å². The topological polar surface area (TPSA) is 60.2 Å². The van der Waals surface area contributed by atoms with Crippen LogP contribution in [0.1, 0.15) is 42.9 Å². The number of pyridine rings is 1. The molecule has 1 aromatic rings. The number of aromatic nitrogens is 1. The Kier molecular flexibility index (Phi) is 3.76. The summed E-state index contributed by atoms with van der Waals surface area (Å²) in [4.78, 5) is 4.22. The number of methoxy groups -OCH3 is 1. The lowest BCUT2D eigenvalue weighted by Gasteiger charge is -2.42. The lowest BCUT2D eigenvalue weighted by Crippen LogP contribution is -2.44. The van der Waals surface area contributed by atoms with Crippen LogP contribution in [0.3, 0.4) is 0 Å². The van der Waals surface area contributed by atoms with Crippen molar-refractivity contribution in [1.29, 1.82) is 0 Å². The highest BCUT2D eigenvalue weighted by molar-refractivity contribution is 5.21. The Morgan fingerprint density at radius 1 is 1.53 bits per heavy atom. The lowest BCUT2D eigenvalue weighted by atomic mass is 9.75. The number of hydrogen-bond donors (Lipinski definition) is 2. The summed E-state index contributed by atoms with van der Waals surface area (Å²) in [6.45, 7) is 2.04. The van der Waals surface area contributed by atoms with E-state index in [2.05, 4.69) is 16.5 Å². The van der Waals surface area contributed by atoms with E-state index >= 15 is 0 Å². The molecule has 0 aliphatic heterocycles. The van der Waals surface area contributed by atoms with Gasteiger partial charge in [0.25, 0.3) is 0 Å². The maximum Gasteiger partial charge on any atom is 0.0697 e. The quantitative estimate of drug-likeness (QED) is 0.604. The minimum atomic E-state index is 0.0147. The Labute approximate surface area is 103 Å². The van der Waals surface area contributed by atoms with Crippen LogP contribution >= 0.6 is 0 Å². The third kappa shape index (κ3) is 2.65. The Morgan fingerprint density at radius 2 is 2.29 bits per heavy atom. The monoisotopic (exact) mass is 235 g/mol. The van der Waals surface area contributed by atoms with Gasteiger partial charge in [-0.2, -0.15) is 0 Å². The van der Waals surface area contributed by atoms with Gasteiger partial charge in [0, 0.05) is 19.5 Å². The smallest absolute Gasteiger partial charge is 0.0697 e. The van der Waals surface area contributed by atoms with E-state index in [0.717, 1.165) is 30.4 Å². The van der Waals surface area contributed by atoms with Gasteiger partial charge in [0.05, 0.1) is 11.6 Å². The second-order valence-electron chi connectivity index (χ2n) is 4.96. The molecule has 1 heterocycles. The molecule has 1 atom stereocenters. The number of nitrogens with one attached hydrogen (secondary N) is 1. The van der Waals surface area contributed by atoms with E-state index in [1.165, 1.54) is 6.42 Å². The zero-order valence-corrected chi connectivity index (χ0v) is 10.6. The minimum Gasteiger partial charge on any atom is -0.378 e. The second kappa shape index (κ2) is 5.12. The fraction of sp³-hybridized carbons (Fsp3) is 0.615. The maximum atomic E-state index is 5.66. The molecule has 1 unspecified atom stereocenters. The van der Waals surface area contributed by atoms with Crippen molar-refractivity contribution in [2.75, 3.05) is 7.11 Å². The summed E-state index contributed by atoms with van der Waals surface area (Å²) >= 11 is 0. The largest absolute Gasteiger partial charge is 0.378 e. The maximum absolute atomic E-state index is 5.66. The molecule has 1 aromatic heterocycles. The minimum absolute atomic E-state index is 0.0147. The fourth-order valence-corrected chi connectivity index (χ4v) is 2.48. The summed E-state index contributed by atoms with van der Waals surface area (Å²) in [6, 6.07) is 2.24. The molecule has 0 saturated heterocycles. The van der Waals surface area contributed by atoms with Crippen LogP contribution < -0.4 is 11.3 Å². The molecule has 17 heavy (non-hydrogen) atoms. The van der Waals surface area contributed by atoms with Gasteiger partial charge < -0.3 is 4.74 Å². The first-order valence-corrected chi connectivity index (χ1v) is 6.12. The van der Waals surface area contributed by atoms with Crippen molar-refractivity contribution in [2.45, 2.75) is 44.2 Å². The molecule has 1 saturated carbocycles. The van der Waals surface area contributed by atoms with Gasteiger partial charge in [0.15, 0.2) is 0 Å². The third-order valence-electron chi connectivity index (χ3n) is 3.77. The van der Waals surface area contributed by atoms with Crippen LogP contribution in [0.2, 0.25) is 0 Å². The number of nitrogens with zero attached hydrogens (tertiary/aromatic N) is 1. The molecule has 0 radical (unpaired) electrons. The molecule has 3 N–H and O–H groups in total. The first kappa shape index (κ1) is 12.5. The van der Waals surface area contributed by atoms with Gasteiger partial charge in [-0.3, -0.25) is 16.3 Å². The highest BCUT2D eigenvalue weighted by Crippen LogP contribution is 2.41. The normalized spacial score (nSPS) is 19.7. The second-order valence-corrected chi connectivity index (χ2v) is 4.96. The molecule has 0 spiro atoms. The van der Waals surface area contributed by atoms with Gasteiger partial charge in [-0.25, -0.2) is 0 Å². The molecule has 2 rings (SSSR count). The summed E-state index contributed by atoms with van der Waals surface area (Å²) in [6.07, 6.45) is 8.14. The Morgan fingerprint density at radius 3 is 2.76 bits per heavy atom. The van der Waals surface area contributed by atoms with Crippen molar-refractivity contribution in [2.24, 2.45) is 5.84 Å². The first-order chi connectivity index (χ1) is 8.19. The molecule has 0 bridgehead atoms. The molecule has 1 aliphatic rings. The van der Waals surface area contributed by atoms with Crippen molar-refractivity contribution < 1.29 is 4.74 Å². The summed E-state index contributed by atoms with van der Waals surface area (Å²) in [5, 5.41) is 0. The molecule has 1 fully saturated rings. The Hall–Kier alpha value is -0.970. The molecule has 94 valence electrons. The molecular weight excluding hydrogens is 214 g/mol. The summed E-state index contributed by atoms with van der Waals surface area (Å²) in [5.74, 6) is 5.66. The molecule has 4 heteroatoms. The van der Waals surface area contributed by atoms with Crippen molar-refractivity contribution in [3.63, 3.8) is 0 Å². The molecule has 1 aliphatic carbocycles. The lowest BCUT2D eigenvalue weighted by molar-refractivity contribution is -0.0838. The van der Waals surface area contributed by atoms with Crippen LogP contribution in [0.25, 0.3) is 0 Å². The number of ether oxygens (including phenoxy) is 1. The van der Waals surface area contributed by atoms with Gasteiger partial charge in [0.1, 0.15) is 0 Å². The average Bonchev–Trinajstić information content (AvgIpc) is 2.29. The van der Waals surface area contributed by atoms with Crippen LogP contribution in [0.15, 0.2) is 18.5 Å². The van der Waals surface area contributed by atoms with Crippen molar-refractivity contribution in [1.82, 2.24) is 10.4 Å². The molecule has 0 amide bonds. The third-order valence-corrected chi connectivity index (χ3v) is 3.77. The first-order valence-electron chi connectivity index (χ1n) is 6.12. The molecule has 4 nitrogen and oxygen atoms in total. The highest BCUT2D eigenvalue weighted by atomic mass is 16.5.